The fraction of sp³-hybridized carbons (Fsp3) is 0. The molecule has 0 unspecified atom stereocenters. The van der Waals surface area contributed by atoms with Crippen LogP contribution in [0.4, 0.5) is 0 Å². The first-order valence-electron chi connectivity index (χ1n) is 15.8. The number of hydrogen-bond acceptors (Lipinski definition) is 4. The summed E-state index contributed by atoms with van der Waals surface area (Å²) in [6, 6.07) is 49.3. The van der Waals surface area contributed by atoms with Crippen molar-refractivity contribution in [1.82, 2.24) is 14.5 Å². The lowest BCUT2D eigenvalue weighted by Gasteiger charge is -2.12. The van der Waals surface area contributed by atoms with Gasteiger partial charge in [-0.05, 0) is 47.9 Å². The highest BCUT2D eigenvalue weighted by Crippen LogP contribution is 2.43. The molecular formula is C42H23N3OS. The van der Waals surface area contributed by atoms with Gasteiger partial charge < -0.3 is 4.42 Å². The zero-order chi connectivity index (χ0) is 30.6. The van der Waals surface area contributed by atoms with Crippen molar-refractivity contribution in [3.63, 3.8) is 0 Å². The predicted octanol–water partition coefficient (Wildman–Crippen LogP) is 11.8. The molecule has 0 fully saturated rings. The van der Waals surface area contributed by atoms with E-state index < -0.39 is 0 Å². The number of furan rings is 1. The Balaban J connectivity index is 1.24. The normalized spacial score (nSPS) is 12.3. The molecule has 47 heavy (non-hydrogen) atoms. The molecule has 4 nitrogen and oxygen atoms in total. The van der Waals surface area contributed by atoms with Crippen molar-refractivity contribution in [1.29, 1.82) is 0 Å². The number of nitrogens with zero attached hydrogens (tertiary/aromatic N) is 3. The maximum Gasteiger partial charge on any atom is 0.235 e. The fourth-order valence-electron chi connectivity index (χ4n) is 7.57. The highest BCUT2D eigenvalue weighted by Gasteiger charge is 2.21. The summed E-state index contributed by atoms with van der Waals surface area (Å²) in [5.74, 6) is 0.659. The Hall–Kier alpha value is -6.04. The maximum absolute atomic E-state index is 6.46. The van der Waals surface area contributed by atoms with Crippen molar-refractivity contribution in [2.45, 2.75) is 0 Å². The van der Waals surface area contributed by atoms with Gasteiger partial charge in [0.1, 0.15) is 11.2 Å². The summed E-state index contributed by atoms with van der Waals surface area (Å²) in [4.78, 5) is 10.7. The lowest BCUT2D eigenvalue weighted by Crippen LogP contribution is -2.03. The summed E-state index contributed by atoms with van der Waals surface area (Å²) in [5, 5.41) is 10.4. The van der Waals surface area contributed by atoms with Gasteiger partial charge >= 0.3 is 0 Å². The Morgan fingerprint density at radius 1 is 0.489 bits per heavy atom. The molecule has 0 saturated heterocycles. The summed E-state index contributed by atoms with van der Waals surface area (Å²) in [5.41, 5.74) is 6.95. The Labute approximate surface area is 271 Å². The van der Waals surface area contributed by atoms with Gasteiger partial charge in [0.15, 0.2) is 0 Å². The van der Waals surface area contributed by atoms with E-state index >= 15 is 0 Å². The van der Waals surface area contributed by atoms with Gasteiger partial charge in [-0.1, -0.05) is 97.1 Å². The summed E-state index contributed by atoms with van der Waals surface area (Å²) < 4.78 is 11.2. The van der Waals surface area contributed by atoms with Gasteiger partial charge in [-0.15, -0.1) is 11.3 Å². The molecule has 0 bridgehead atoms. The van der Waals surface area contributed by atoms with Gasteiger partial charge in [0.05, 0.1) is 22.2 Å². The number of fused-ring (bicyclic) bond motifs is 13. The molecule has 0 aliphatic carbocycles. The third-order valence-corrected chi connectivity index (χ3v) is 10.8. The van der Waals surface area contributed by atoms with Crippen LogP contribution in [0.2, 0.25) is 0 Å². The van der Waals surface area contributed by atoms with E-state index in [9.17, 15) is 0 Å². The van der Waals surface area contributed by atoms with E-state index in [1.54, 1.807) is 0 Å². The summed E-state index contributed by atoms with van der Waals surface area (Å²) in [6.07, 6.45) is 0. The van der Waals surface area contributed by atoms with E-state index in [-0.39, 0.29) is 0 Å². The molecule has 5 heteroatoms. The molecule has 0 aliphatic heterocycles. The monoisotopic (exact) mass is 617 g/mol. The van der Waals surface area contributed by atoms with Crippen LogP contribution in [0.3, 0.4) is 0 Å². The third kappa shape index (κ3) is 3.41. The second-order valence-electron chi connectivity index (χ2n) is 12.1. The highest BCUT2D eigenvalue weighted by atomic mass is 32.1. The SMILES string of the molecule is c1ccc2c(-c3cccc4c3sc3ccccc34)nc(-n3c4ccccc4c4c5ccc6c7ccccc7oc6c5ccc43)nc2c1. The minimum absolute atomic E-state index is 0.659. The number of rotatable bonds is 2. The minimum Gasteiger partial charge on any atom is -0.455 e. The second kappa shape index (κ2) is 9.25. The van der Waals surface area contributed by atoms with Gasteiger partial charge in [0.2, 0.25) is 5.95 Å². The molecule has 0 atom stereocenters. The van der Waals surface area contributed by atoms with Crippen LogP contribution in [0.5, 0.6) is 0 Å². The van der Waals surface area contributed by atoms with Gasteiger partial charge in [0, 0.05) is 58.1 Å². The largest absolute Gasteiger partial charge is 0.455 e. The van der Waals surface area contributed by atoms with Crippen LogP contribution in [-0.2, 0) is 0 Å². The van der Waals surface area contributed by atoms with E-state index in [1.807, 2.05) is 23.5 Å². The molecule has 4 heterocycles. The lowest BCUT2D eigenvalue weighted by molar-refractivity contribution is 0.672. The zero-order valence-electron chi connectivity index (χ0n) is 24.9. The summed E-state index contributed by atoms with van der Waals surface area (Å²) in [6.45, 7) is 0. The quantitative estimate of drug-likeness (QED) is 0.194. The van der Waals surface area contributed by atoms with E-state index in [2.05, 4.69) is 132 Å². The first kappa shape index (κ1) is 25.2. The van der Waals surface area contributed by atoms with E-state index in [1.165, 1.54) is 25.6 Å². The number of para-hydroxylation sites is 3. The molecule has 0 N–H and O–H groups in total. The first-order valence-corrected chi connectivity index (χ1v) is 16.6. The number of aromatic nitrogens is 3. The molecule has 11 aromatic rings. The van der Waals surface area contributed by atoms with Crippen LogP contribution in [0.1, 0.15) is 0 Å². The van der Waals surface area contributed by atoms with Crippen molar-refractivity contribution in [2.75, 3.05) is 0 Å². The number of hydrogen-bond donors (Lipinski definition) is 0. The van der Waals surface area contributed by atoms with Gasteiger partial charge in [0.25, 0.3) is 0 Å². The van der Waals surface area contributed by atoms with Crippen molar-refractivity contribution >= 4 is 96.9 Å². The van der Waals surface area contributed by atoms with Gasteiger partial charge in [-0.25, -0.2) is 9.97 Å². The van der Waals surface area contributed by atoms with Crippen molar-refractivity contribution in [3.8, 4) is 17.2 Å². The average molecular weight is 618 g/mol. The topological polar surface area (TPSA) is 43.9 Å². The summed E-state index contributed by atoms with van der Waals surface area (Å²) >= 11 is 1.83. The van der Waals surface area contributed by atoms with Crippen LogP contribution in [0, 0.1) is 0 Å². The predicted molar refractivity (Wildman–Crippen MR) is 197 cm³/mol. The molecule has 0 radical (unpaired) electrons. The summed E-state index contributed by atoms with van der Waals surface area (Å²) in [7, 11) is 0. The second-order valence-corrected chi connectivity index (χ2v) is 13.2. The molecule has 11 rings (SSSR count). The molecule has 4 aromatic heterocycles. The maximum atomic E-state index is 6.46. The van der Waals surface area contributed by atoms with Crippen LogP contribution >= 0.6 is 11.3 Å². The number of thiophene rings is 1. The Morgan fingerprint density at radius 2 is 1.19 bits per heavy atom. The Kier molecular flexibility index (Phi) is 4.96. The minimum atomic E-state index is 0.659. The first-order chi connectivity index (χ1) is 23.3. The van der Waals surface area contributed by atoms with Crippen LogP contribution in [0.15, 0.2) is 144 Å². The van der Waals surface area contributed by atoms with E-state index in [0.29, 0.717) is 5.95 Å². The average Bonchev–Trinajstić information content (AvgIpc) is 3.81. The molecule has 0 saturated carbocycles. The molecule has 0 aliphatic rings. The van der Waals surface area contributed by atoms with Crippen molar-refractivity contribution in [2.24, 2.45) is 0 Å². The van der Waals surface area contributed by atoms with E-state index in [4.69, 9.17) is 14.4 Å². The lowest BCUT2D eigenvalue weighted by atomic mass is 10.0. The molecule has 7 aromatic carbocycles. The zero-order valence-corrected chi connectivity index (χ0v) is 25.8. The molecule has 218 valence electrons. The van der Waals surface area contributed by atoms with Crippen molar-refractivity contribution in [3.05, 3.63) is 140 Å². The Bertz CT molecular complexity index is 3090. The number of benzene rings is 7. The van der Waals surface area contributed by atoms with Crippen molar-refractivity contribution < 1.29 is 4.42 Å². The highest BCUT2D eigenvalue weighted by molar-refractivity contribution is 7.26. The third-order valence-electron chi connectivity index (χ3n) is 9.62. The van der Waals surface area contributed by atoms with E-state index in [0.717, 1.165) is 71.3 Å². The Morgan fingerprint density at radius 3 is 2.13 bits per heavy atom. The van der Waals surface area contributed by atoms with Gasteiger partial charge in [-0.3, -0.25) is 4.57 Å². The van der Waals surface area contributed by atoms with Crippen LogP contribution in [0.25, 0.3) is 103 Å². The standard InChI is InChI=1S/C42H23N3OS/c1-5-16-33-30(12-1)39(32-15-9-14-29-25-11-4-8-19-37(25)47-41(29)32)44-42(43-33)45-34-17-6-2-13-31(34)38-26-20-21-27-24-10-3-7-18-36(24)46-40(27)28(26)22-23-35(38)45/h1-23H. The smallest absolute Gasteiger partial charge is 0.235 e. The molecular weight excluding hydrogens is 595 g/mol. The molecule has 0 spiro atoms. The fourth-order valence-corrected chi connectivity index (χ4v) is 8.79. The van der Waals surface area contributed by atoms with Crippen LogP contribution < -0.4 is 0 Å². The van der Waals surface area contributed by atoms with Gasteiger partial charge in [-0.2, -0.15) is 0 Å². The van der Waals surface area contributed by atoms with Crippen LogP contribution in [-0.4, -0.2) is 14.5 Å². The molecule has 0 amide bonds.